The number of carbonyl (C=O) groups is 1. The van der Waals surface area contributed by atoms with Gasteiger partial charge in [-0.2, -0.15) is 0 Å². The molecule has 0 aromatic carbocycles. The van der Waals surface area contributed by atoms with Crippen molar-refractivity contribution in [2.45, 2.75) is 24.0 Å². The zero-order chi connectivity index (χ0) is 13.8. The second-order valence-electron chi connectivity index (χ2n) is 4.51. The maximum Gasteiger partial charge on any atom is 0.230 e. The Balaban J connectivity index is 1.51. The molecule has 0 unspecified atom stereocenters. The van der Waals surface area contributed by atoms with E-state index in [1.165, 1.54) is 18.1 Å². The lowest BCUT2D eigenvalue weighted by Crippen LogP contribution is -2.32. The molecule has 1 atom stereocenters. The number of hydrogen-bond donors (Lipinski definition) is 2. The molecule has 2 aromatic rings. The van der Waals surface area contributed by atoms with Gasteiger partial charge in [0.1, 0.15) is 16.9 Å². The summed E-state index contributed by atoms with van der Waals surface area (Å²) in [6.07, 6.45) is 5.29. The Hall–Kier alpha value is -1.67. The number of H-pyrrole nitrogens is 1. The average molecular weight is 293 g/mol. The van der Waals surface area contributed by atoms with E-state index in [9.17, 15) is 4.79 Å². The molecule has 8 heteroatoms. The Morgan fingerprint density at radius 1 is 1.50 bits per heavy atom. The number of rotatable bonds is 5. The van der Waals surface area contributed by atoms with E-state index in [2.05, 4.69) is 25.3 Å². The fourth-order valence-corrected chi connectivity index (χ4v) is 2.86. The number of aromatic nitrogens is 4. The van der Waals surface area contributed by atoms with Crippen LogP contribution in [-0.4, -0.2) is 50.9 Å². The first-order chi connectivity index (χ1) is 9.83. The highest BCUT2D eigenvalue weighted by atomic mass is 32.2. The van der Waals surface area contributed by atoms with E-state index in [4.69, 9.17) is 4.74 Å². The molecule has 1 fully saturated rings. The molecule has 1 amide bonds. The van der Waals surface area contributed by atoms with Crippen molar-refractivity contribution in [1.29, 1.82) is 0 Å². The smallest absolute Gasteiger partial charge is 0.230 e. The predicted octanol–water partition coefficient (Wildman–Crippen LogP) is 0.740. The van der Waals surface area contributed by atoms with Gasteiger partial charge >= 0.3 is 0 Å². The van der Waals surface area contributed by atoms with Gasteiger partial charge in [-0.25, -0.2) is 15.0 Å². The van der Waals surface area contributed by atoms with Crippen molar-refractivity contribution in [1.82, 2.24) is 25.3 Å². The number of aromatic amines is 1. The van der Waals surface area contributed by atoms with Crippen LogP contribution >= 0.6 is 11.8 Å². The Morgan fingerprint density at radius 3 is 3.30 bits per heavy atom. The maximum atomic E-state index is 11.8. The second kappa shape index (κ2) is 6.19. The van der Waals surface area contributed by atoms with Crippen LogP contribution in [0.1, 0.15) is 12.8 Å². The molecular weight excluding hydrogens is 278 g/mol. The number of imidazole rings is 1. The fourth-order valence-electron chi connectivity index (χ4n) is 2.07. The van der Waals surface area contributed by atoms with Crippen LogP contribution in [0.3, 0.4) is 0 Å². The molecule has 0 saturated carbocycles. The molecule has 1 aliphatic rings. The topological polar surface area (TPSA) is 92.8 Å². The van der Waals surface area contributed by atoms with Crippen LogP contribution in [-0.2, 0) is 9.53 Å². The quantitative estimate of drug-likeness (QED) is 0.624. The Bertz CT molecular complexity index is 596. The van der Waals surface area contributed by atoms with Gasteiger partial charge < -0.3 is 15.0 Å². The Kier molecular flexibility index (Phi) is 4.12. The third-order valence-electron chi connectivity index (χ3n) is 3.08. The number of hydrogen-bond acceptors (Lipinski definition) is 6. The number of nitrogens with zero attached hydrogens (tertiary/aromatic N) is 3. The Morgan fingerprint density at radius 2 is 2.45 bits per heavy atom. The molecule has 0 aliphatic carbocycles. The molecule has 0 spiro atoms. The molecular formula is C12H15N5O2S. The summed E-state index contributed by atoms with van der Waals surface area (Å²) in [5, 5.41) is 3.62. The summed E-state index contributed by atoms with van der Waals surface area (Å²) in [6.45, 7) is 1.39. The van der Waals surface area contributed by atoms with Gasteiger partial charge in [0.2, 0.25) is 5.91 Å². The zero-order valence-electron chi connectivity index (χ0n) is 10.8. The van der Waals surface area contributed by atoms with Crippen molar-refractivity contribution in [3.63, 3.8) is 0 Å². The Labute approximate surface area is 119 Å². The summed E-state index contributed by atoms with van der Waals surface area (Å²) in [4.78, 5) is 27.0. The van der Waals surface area contributed by atoms with Crippen molar-refractivity contribution in [2.24, 2.45) is 0 Å². The molecule has 3 rings (SSSR count). The molecule has 7 nitrogen and oxygen atoms in total. The minimum absolute atomic E-state index is 0.0169. The first kappa shape index (κ1) is 13.3. The molecule has 0 bridgehead atoms. The summed E-state index contributed by atoms with van der Waals surface area (Å²) in [5.41, 5.74) is 1.38. The highest BCUT2D eigenvalue weighted by Crippen LogP contribution is 2.21. The zero-order valence-corrected chi connectivity index (χ0v) is 11.7. The summed E-state index contributed by atoms with van der Waals surface area (Å²) < 4.78 is 5.46. The number of carbonyl (C=O) groups excluding carboxylic acids is 1. The van der Waals surface area contributed by atoms with Crippen LogP contribution in [0.5, 0.6) is 0 Å². The van der Waals surface area contributed by atoms with E-state index in [1.54, 1.807) is 6.33 Å². The fraction of sp³-hybridized carbons (Fsp3) is 0.500. The summed E-state index contributed by atoms with van der Waals surface area (Å²) in [6, 6.07) is 0. The SMILES string of the molecule is O=C(CSc1ncnc2nc[nH]c12)NC[C@H]1CCCO1. The summed E-state index contributed by atoms with van der Waals surface area (Å²) >= 11 is 1.37. The van der Waals surface area contributed by atoms with Crippen molar-refractivity contribution in [3.8, 4) is 0 Å². The standard InChI is InChI=1S/C12H15N5O2S/c18-9(13-4-8-2-1-3-19-8)5-20-12-10-11(15-6-14-10)16-7-17-12/h6-8H,1-5H2,(H,13,18)(H,14,15,16,17)/t8-/m1/s1. The number of thioether (sulfide) groups is 1. The monoisotopic (exact) mass is 293 g/mol. The first-order valence-corrected chi connectivity index (χ1v) is 7.46. The minimum atomic E-state index is -0.0169. The van der Waals surface area contributed by atoms with Gasteiger partial charge in [0.15, 0.2) is 5.65 Å². The third kappa shape index (κ3) is 3.07. The molecule has 106 valence electrons. The first-order valence-electron chi connectivity index (χ1n) is 6.48. The molecule has 1 saturated heterocycles. The molecule has 1 aliphatic heterocycles. The minimum Gasteiger partial charge on any atom is -0.376 e. The van der Waals surface area contributed by atoms with Gasteiger partial charge in [-0.05, 0) is 12.8 Å². The third-order valence-corrected chi connectivity index (χ3v) is 4.07. The van der Waals surface area contributed by atoms with Crippen LogP contribution in [0.4, 0.5) is 0 Å². The van der Waals surface area contributed by atoms with Crippen molar-refractivity contribution in [3.05, 3.63) is 12.7 Å². The second-order valence-corrected chi connectivity index (χ2v) is 5.47. The van der Waals surface area contributed by atoms with E-state index in [0.29, 0.717) is 17.9 Å². The number of ether oxygens (including phenoxy) is 1. The number of nitrogens with one attached hydrogen (secondary N) is 2. The molecule has 20 heavy (non-hydrogen) atoms. The van der Waals surface area contributed by atoms with Gasteiger partial charge in [-0.3, -0.25) is 4.79 Å². The maximum absolute atomic E-state index is 11.8. The van der Waals surface area contributed by atoms with Gasteiger partial charge in [0.05, 0.1) is 18.2 Å². The lowest BCUT2D eigenvalue weighted by molar-refractivity contribution is -0.119. The van der Waals surface area contributed by atoms with Crippen LogP contribution < -0.4 is 5.32 Å². The predicted molar refractivity (Wildman–Crippen MR) is 74.4 cm³/mol. The van der Waals surface area contributed by atoms with E-state index in [1.807, 2.05) is 0 Å². The largest absolute Gasteiger partial charge is 0.376 e. The van der Waals surface area contributed by atoms with Crippen LogP contribution in [0, 0.1) is 0 Å². The lowest BCUT2D eigenvalue weighted by atomic mass is 10.2. The van der Waals surface area contributed by atoms with Crippen molar-refractivity contribution < 1.29 is 9.53 Å². The lowest BCUT2D eigenvalue weighted by Gasteiger charge is -2.10. The average Bonchev–Trinajstić information content (AvgIpc) is 3.13. The highest BCUT2D eigenvalue weighted by Gasteiger charge is 2.16. The van der Waals surface area contributed by atoms with Crippen molar-refractivity contribution >= 4 is 28.8 Å². The number of fused-ring (bicyclic) bond motifs is 1. The van der Waals surface area contributed by atoms with E-state index >= 15 is 0 Å². The van der Waals surface area contributed by atoms with Crippen LogP contribution in [0.15, 0.2) is 17.7 Å². The molecule has 3 heterocycles. The van der Waals surface area contributed by atoms with Gasteiger partial charge in [-0.1, -0.05) is 11.8 Å². The van der Waals surface area contributed by atoms with Crippen LogP contribution in [0.2, 0.25) is 0 Å². The summed E-state index contributed by atoms with van der Waals surface area (Å²) in [5.74, 6) is 0.300. The van der Waals surface area contributed by atoms with Gasteiger partial charge in [-0.15, -0.1) is 0 Å². The number of amides is 1. The van der Waals surface area contributed by atoms with Gasteiger partial charge in [0.25, 0.3) is 0 Å². The molecule has 0 radical (unpaired) electrons. The highest BCUT2D eigenvalue weighted by molar-refractivity contribution is 8.00. The molecule has 2 N–H and O–H groups in total. The van der Waals surface area contributed by atoms with E-state index < -0.39 is 0 Å². The van der Waals surface area contributed by atoms with Crippen LogP contribution in [0.25, 0.3) is 11.2 Å². The van der Waals surface area contributed by atoms with Gasteiger partial charge in [0, 0.05) is 13.2 Å². The van der Waals surface area contributed by atoms with E-state index in [0.717, 1.165) is 30.0 Å². The van der Waals surface area contributed by atoms with E-state index in [-0.39, 0.29) is 12.0 Å². The molecule has 2 aromatic heterocycles. The summed E-state index contributed by atoms with van der Waals surface area (Å²) in [7, 11) is 0. The normalized spacial score (nSPS) is 18.5. The van der Waals surface area contributed by atoms with Crippen molar-refractivity contribution in [2.75, 3.05) is 18.9 Å².